The predicted octanol–water partition coefficient (Wildman–Crippen LogP) is 2.32. The van der Waals surface area contributed by atoms with Gasteiger partial charge in [0.1, 0.15) is 6.61 Å². The summed E-state index contributed by atoms with van der Waals surface area (Å²) in [5.74, 6) is -0.0444. The molecule has 0 unspecified atom stereocenters. The fraction of sp³-hybridized carbons (Fsp3) is 0.500. The molecule has 0 aliphatic carbocycles. The molecule has 1 atom stereocenters. The molecule has 6 heteroatoms. The number of ether oxygens (including phenoxy) is 2. The zero-order valence-corrected chi connectivity index (χ0v) is 15.9. The number of morpholine rings is 1. The third kappa shape index (κ3) is 4.31. The van der Waals surface area contributed by atoms with Crippen LogP contribution in [0.5, 0.6) is 0 Å². The number of para-hydroxylation sites is 1. The number of anilines is 1. The number of carbonyl (C=O) groups is 1. The summed E-state index contributed by atoms with van der Waals surface area (Å²) >= 11 is 0. The second kappa shape index (κ2) is 7.60. The number of benzene rings is 1. The van der Waals surface area contributed by atoms with E-state index in [4.69, 9.17) is 9.47 Å². The Morgan fingerprint density at radius 2 is 2.12 bits per heavy atom. The van der Waals surface area contributed by atoms with Crippen molar-refractivity contribution in [1.29, 1.82) is 0 Å². The molecular weight excluding hydrogens is 330 g/mol. The Hall–Kier alpha value is -2.18. The van der Waals surface area contributed by atoms with Crippen LogP contribution in [0.1, 0.15) is 13.8 Å². The summed E-state index contributed by atoms with van der Waals surface area (Å²) in [4.78, 5) is 20.0. The number of hydrogen-bond donors (Lipinski definition) is 0. The highest BCUT2D eigenvalue weighted by Crippen LogP contribution is 2.30. The summed E-state index contributed by atoms with van der Waals surface area (Å²) in [5, 5.41) is 1.13. The van der Waals surface area contributed by atoms with Gasteiger partial charge in [-0.1, -0.05) is 18.2 Å². The molecule has 1 aromatic heterocycles. The summed E-state index contributed by atoms with van der Waals surface area (Å²) in [7, 11) is 3.45. The van der Waals surface area contributed by atoms with Crippen LogP contribution in [0.4, 0.5) is 5.69 Å². The van der Waals surface area contributed by atoms with Crippen LogP contribution in [0.25, 0.3) is 10.9 Å². The average Bonchev–Trinajstić information content (AvgIpc) is 2.59. The predicted molar refractivity (Wildman–Crippen MR) is 102 cm³/mol. The fourth-order valence-corrected chi connectivity index (χ4v) is 3.33. The number of aromatic nitrogens is 1. The van der Waals surface area contributed by atoms with Crippen molar-refractivity contribution in [3.8, 4) is 0 Å². The molecule has 1 aromatic carbocycles. The zero-order valence-electron chi connectivity index (χ0n) is 15.9. The van der Waals surface area contributed by atoms with Gasteiger partial charge in [-0.15, -0.1) is 0 Å². The van der Waals surface area contributed by atoms with E-state index in [2.05, 4.69) is 35.9 Å². The Morgan fingerprint density at radius 1 is 1.35 bits per heavy atom. The first-order valence-corrected chi connectivity index (χ1v) is 8.90. The van der Waals surface area contributed by atoms with Crippen LogP contribution in [0.2, 0.25) is 0 Å². The largest absolute Gasteiger partial charge is 0.369 e. The molecule has 140 valence electrons. The van der Waals surface area contributed by atoms with Gasteiger partial charge in [0, 0.05) is 44.5 Å². The average molecular weight is 357 g/mol. The first-order chi connectivity index (χ1) is 12.4. The van der Waals surface area contributed by atoms with E-state index in [1.54, 1.807) is 14.1 Å². The van der Waals surface area contributed by atoms with Crippen molar-refractivity contribution in [2.75, 3.05) is 45.3 Å². The third-order valence-corrected chi connectivity index (χ3v) is 4.48. The number of fused-ring (bicyclic) bond motifs is 1. The molecule has 0 N–H and O–H groups in total. The minimum absolute atomic E-state index is 0.0444. The van der Waals surface area contributed by atoms with Crippen LogP contribution < -0.4 is 4.90 Å². The second-order valence-electron chi connectivity index (χ2n) is 7.53. The van der Waals surface area contributed by atoms with Crippen molar-refractivity contribution in [2.24, 2.45) is 0 Å². The molecule has 1 aliphatic heterocycles. The van der Waals surface area contributed by atoms with Crippen LogP contribution in [-0.2, 0) is 14.3 Å². The SMILES string of the molecule is CN(C)C(=O)COC[C@@H]1CN(c2ccnc3ccccc23)CC(C)(C)O1. The molecule has 0 saturated carbocycles. The van der Waals surface area contributed by atoms with Gasteiger partial charge in [0.05, 0.1) is 23.8 Å². The van der Waals surface area contributed by atoms with Gasteiger partial charge >= 0.3 is 0 Å². The first-order valence-electron chi connectivity index (χ1n) is 8.90. The summed E-state index contributed by atoms with van der Waals surface area (Å²) in [6.45, 7) is 6.14. The zero-order chi connectivity index (χ0) is 18.7. The van der Waals surface area contributed by atoms with E-state index in [1.807, 2.05) is 24.4 Å². The minimum Gasteiger partial charge on any atom is -0.369 e. The molecule has 1 fully saturated rings. The molecule has 0 radical (unpaired) electrons. The van der Waals surface area contributed by atoms with Crippen molar-refractivity contribution < 1.29 is 14.3 Å². The van der Waals surface area contributed by atoms with E-state index in [9.17, 15) is 4.79 Å². The molecule has 6 nitrogen and oxygen atoms in total. The molecule has 0 spiro atoms. The maximum atomic E-state index is 11.7. The Morgan fingerprint density at radius 3 is 2.88 bits per heavy atom. The van der Waals surface area contributed by atoms with Crippen LogP contribution in [0.3, 0.4) is 0 Å². The molecule has 0 bridgehead atoms. The Balaban J connectivity index is 1.74. The molecule has 3 rings (SSSR count). The number of nitrogens with zero attached hydrogens (tertiary/aromatic N) is 3. The number of pyridine rings is 1. The highest BCUT2D eigenvalue weighted by atomic mass is 16.5. The summed E-state index contributed by atoms with van der Waals surface area (Å²) in [6, 6.07) is 10.2. The topological polar surface area (TPSA) is 54.9 Å². The highest BCUT2D eigenvalue weighted by Gasteiger charge is 2.34. The van der Waals surface area contributed by atoms with Gasteiger partial charge in [-0.05, 0) is 26.0 Å². The van der Waals surface area contributed by atoms with E-state index < -0.39 is 0 Å². The normalized spacial score (nSPS) is 19.5. The van der Waals surface area contributed by atoms with Crippen molar-refractivity contribution in [2.45, 2.75) is 25.6 Å². The molecule has 2 aromatic rings. The lowest BCUT2D eigenvalue weighted by molar-refractivity contribution is -0.139. The number of hydrogen-bond acceptors (Lipinski definition) is 5. The number of rotatable bonds is 5. The first kappa shape index (κ1) is 18.6. The van der Waals surface area contributed by atoms with Gasteiger partial charge in [0.2, 0.25) is 5.91 Å². The smallest absolute Gasteiger partial charge is 0.248 e. The molecule has 26 heavy (non-hydrogen) atoms. The second-order valence-corrected chi connectivity index (χ2v) is 7.53. The standard InChI is InChI=1S/C20H27N3O3/c1-20(2)14-23(11-15(26-20)12-25-13-19(24)22(3)4)18-9-10-21-17-8-6-5-7-16(17)18/h5-10,15H,11-14H2,1-4H3/t15-/m0/s1. The van der Waals surface area contributed by atoms with E-state index in [1.165, 1.54) is 4.90 Å². The number of carbonyl (C=O) groups excluding carboxylic acids is 1. The Kier molecular flexibility index (Phi) is 5.44. The molecule has 1 aliphatic rings. The maximum absolute atomic E-state index is 11.7. The van der Waals surface area contributed by atoms with Crippen molar-refractivity contribution in [3.63, 3.8) is 0 Å². The highest BCUT2D eigenvalue weighted by molar-refractivity contribution is 5.91. The van der Waals surface area contributed by atoms with Crippen LogP contribution in [0.15, 0.2) is 36.5 Å². The van der Waals surface area contributed by atoms with Crippen molar-refractivity contribution in [1.82, 2.24) is 9.88 Å². The molecule has 1 amide bonds. The van der Waals surface area contributed by atoms with E-state index >= 15 is 0 Å². The lowest BCUT2D eigenvalue weighted by atomic mass is 10.0. The Bertz CT molecular complexity index is 770. The van der Waals surface area contributed by atoms with Gasteiger partial charge in [-0.3, -0.25) is 9.78 Å². The summed E-state index contributed by atoms with van der Waals surface area (Å²) < 4.78 is 11.8. The molecular formula is C20H27N3O3. The fourth-order valence-electron chi connectivity index (χ4n) is 3.33. The van der Waals surface area contributed by atoms with Crippen LogP contribution >= 0.6 is 0 Å². The monoisotopic (exact) mass is 357 g/mol. The Labute approximate surface area is 154 Å². The summed E-state index contributed by atoms with van der Waals surface area (Å²) in [5.41, 5.74) is 1.84. The minimum atomic E-state index is -0.303. The van der Waals surface area contributed by atoms with Crippen LogP contribution in [-0.4, -0.2) is 67.9 Å². The van der Waals surface area contributed by atoms with Gasteiger partial charge in [-0.25, -0.2) is 0 Å². The van der Waals surface area contributed by atoms with Gasteiger partial charge < -0.3 is 19.3 Å². The maximum Gasteiger partial charge on any atom is 0.248 e. The molecule has 1 saturated heterocycles. The lowest BCUT2D eigenvalue weighted by Crippen LogP contribution is -2.54. The van der Waals surface area contributed by atoms with Crippen LogP contribution in [0, 0.1) is 0 Å². The van der Waals surface area contributed by atoms with Gasteiger partial charge in [-0.2, -0.15) is 0 Å². The van der Waals surface area contributed by atoms with Gasteiger partial charge in [0.25, 0.3) is 0 Å². The van der Waals surface area contributed by atoms with Crippen molar-refractivity contribution in [3.05, 3.63) is 36.5 Å². The van der Waals surface area contributed by atoms with E-state index in [0.717, 1.165) is 23.1 Å². The lowest BCUT2D eigenvalue weighted by Gasteiger charge is -2.44. The number of amides is 1. The van der Waals surface area contributed by atoms with E-state index in [-0.39, 0.29) is 24.2 Å². The van der Waals surface area contributed by atoms with E-state index in [0.29, 0.717) is 13.2 Å². The quantitative estimate of drug-likeness (QED) is 0.822. The molecule has 2 heterocycles. The summed E-state index contributed by atoms with van der Waals surface area (Å²) in [6.07, 6.45) is 1.75. The number of likely N-dealkylation sites (N-methyl/N-ethyl adjacent to an activating group) is 1. The third-order valence-electron chi connectivity index (χ3n) is 4.48. The van der Waals surface area contributed by atoms with Gasteiger partial charge in [0.15, 0.2) is 0 Å². The van der Waals surface area contributed by atoms with Crippen molar-refractivity contribution >= 4 is 22.5 Å².